The second-order valence-electron chi connectivity index (χ2n) is 21.4. The number of hydrogen-bond acceptors (Lipinski definition) is 1. The van der Waals surface area contributed by atoms with Gasteiger partial charge in [-0.05, 0) is 113 Å². The number of para-hydroxylation sites is 1. The first-order valence-corrected chi connectivity index (χ1v) is 25.2. The van der Waals surface area contributed by atoms with Crippen molar-refractivity contribution < 1.29 is 0 Å². The summed E-state index contributed by atoms with van der Waals surface area (Å²) in [6.07, 6.45) is 17.5. The van der Waals surface area contributed by atoms with Gasteiger partial charge in [-0.3, -0.25) is 0 Å². The minimum absolute atomic E-state index is 0.205. The van der Waals surface area contributed by atoms with Crippen molar-refractivity contribution in [1.82, 2.24) is 4.57 Å². The summed E-state index contributed by atoms with van der Waals surface area (Å²) in [6.45, 7) is 0.205. The Labute approximate surface area is 361 Å². The number of anilines is 3. The molecule has 0 amide bonds. The second kappa shape index (κ2) is 12.1. The zero-order valence-corrected chi connectivity index (χ0v) is 36.2. The topological polar surface area (TPSA) is 8.17 Å². The molecule has 2 nitrogen and oxygen atoms in total. The Bertz CT molecular complexity index is 2790. The summed E-state index contributed by atoms with van der Waals surface area (Å²) in [4.78, 5) is 2.56. The van der Waals surface area contributed by atoms with E-state index < -0.39 is 0 Å². The molecule has 10 aliphatic rings. The average molecular weight is 842 g/mol. The summed E-state index contributed by atoms with van der Waals surface area (Å²) in [5.74, 6) is 5.66. The summed E-state index contributed by atoms with van der Waals surface area (Å²) in [5.41, 5.74) is 16.4. The van der Waals surface area contributed by atoms with Crippen LogP contribution < -0.4 is 30.2 Å². The Morgan fingerprint density at radius 1 is 0.450 bits per heavy atom. The molecule has 294 valence electrons. The molecule has 8 saturated carbocycles. The molecular formula is C56H51BN2Se. The third kappa shape index (κ3) is 4.68. The first kappa shape index (κ1) is 34.1. The molecule has 8 aliphatic carbocycles. The Kier molecular flexibility index (Phi) is 6.89. The standard InChI is InChI=1S/C56H51BN2Se/c1-2-7-42(8-3-1)58-50-18-15-43(27-47(50)57-46-9-4-5-11-52(46)60-53-12-6-10-51(58)54(53)57)59-48-16-13-40(55-28-34-19-35(29-55)21-36(20-34)30-55)25-44(48)45-26-41(14-17-49(45)59)56-31-37-22-38(32-56)24-39(23-37)33-56/h1-18,25-27,34-39H,19-24,28-33H2. The third-order valence-corrected chi connectivity index (χ3v) is 20.4. The molecule has 0 unspecified atom stereocenters. The molecule has 60 heavy (non-hydrogen) atoms. The fourth-order valence-electron chi connectivity index (χ4n) is 16.5. The molecule has 4 heteroatoms. The third-order valence-electron chi connectivity index (χ3n) is 17.9. The van der Waals surface area contributed by atoms with E-state index >= 15 is 0 Å². The van der Waals surface area contributed by atoms with Crippen LogP contribution in [0.2, 0.25) is 0 Å². The summed E-state index contributed by atoms with van der Waals surface area (Å²) in [6, 6.07) is 50.8. The fraction of sp³-hybridized carbons (Fsp3) is 0.357. The average Bonchev–Trinajstić information content (AvgIpc) is 3.59. The first-order valence-electron chi connectivity index (χ1n) is 23.5. The van der Waals surface area contributed by atoms with Gasteiger partial charge in [0.1, 0.15) is 0 Å². The number of rotatable bonds is 4. The summed E-state index contributed by atoms with van der Waals surface area (Å²) >= 11 is 0.269. The van der Waals surface area contributed by atoms with Crippen LogP contribution in [0.25, 0.3) is 27.5 Å². The Morgan fingerprint density at radius 2 is 1.00 bits per heavy atom. The number of fused-ring (bicyclic) bond motifs is 7. The molecule has 0 radical (unpaired) electrons. The van der Waals surface area contributed by atoms with Crippen LogP contribution in [-0.2, 0) is 10.8 Å². The zero-order chi connectivity index (χ0) is 38.9. The normalized spacial score (nSPS) is 31.2. The molecule has 7 aromatic rings. The molecule has 8 fully saturated rings. The van der Waals surface area contributed by atoms with E-state index in [0.717, 1.165) is 35.5 Å². The number of hydrogen-bond donors (Lipinski definition) is 0. The molecule has 0 atom stereocenters. The fourth-order valence-corrected chi connectivity index (χ4v) is 19.0. The molecule has 0 saturated heterocycles. The van der Waals surface area contributed by atoms with Gasteiger partial charge < -0.3 is 0 Å². The second-order valence-corrected chi connectivity index (χ2v) is 23.6. The molecule has 8 bridgehead atoms. The zero-order valence-electron chi connectivity index (χ0n) is 34.5. The van der Waals surface area contributed by atoms with Crippen molar-refractivity contribution in [3.05, 3.63) is 139 Å². The van der Waals surface area contributed by atoms with Crippen LogP contribution >= 0.6 is 0 Å². The van der Waals surface area contributed by atoms with E-state index in [0.29, 0.717) is 10.8 Å². The van der Waals surface area contributed by atoms with Crippen LogP contribution in [-0.4, -0.2) is 26.2 Å². The van der Waals surface area contributed by atoms with Gasteiger partial charge in [0.2, 0.25) is 0 Å². The van der Waals surface area contributed by atoms with E-state index in [2.05, 4.69) is 137 Å². The van der Waals surface area contributed by atoms with Crippen molar-refractivity contribution >= 4 is 85.8 Å². The predicted molar refractivity (Wildman–Crippen MR) is 251 cm³/mol. The molecule has 0 spiro atoms. The van der Waals surface area contributed by atoms with Crippen molar-refractivity contribution in [2.45, 2.75) is 87.9 Å². The van der Waals surface area contributed by atoms with Crippen molar-refractivity contribution in [3.63, 3.8) is 0 Å². The summed E-state index contributed by atoms with van der Waals surface area (Å²) in [5, 5.41) is 2.98. The Hall–Kier alpha value is -4.50. The van der Waals surface area contributed by atoms with E-state index in [-0.39, 0.29) is 21.7 Å². The maximum atomic E-state index is 2.74. The van der Waals surface area contributed by atoms with Crippen LogP contribution in [0.15, 0.2) is 127 Å². The van der Waals surface area contributed by atoms with Crippen LogP contribution in [0.1, 0.15) is 88.2 Å². The molecule has 3 heterocycles. The van der Waals surface area contributed by atoms with Crippen LogP contribution in [0.5, 0.6) is 0 Å². The molecule has 17 rings (SSSR count). The Balaban J connectivity index is 0.959. The predicted octanol–water partition coefficient (Wildman–Crippen LogP) is 9.99. The monoisotopic (exact) mass is 842 g/mol. The van der Waals surface area contributed by atoms with Gasteiger partial charge >= 0.3 is 250 Å². The van der Waals surface area contributed by atoms with Gasteiger partial charge in [-0.1, -0.05) is 0 Å². The van der Waals surface area contributed by atoms with E-state index in [1.54, 1.807) is 11.1 Å². The minimum atomic E-state index is 0.205. The molecule has 6 aromatic carbocycles. The van der Waals surface area contributed by atoms with Gasteiger partial charge in [0.25, 0.3) is 0 Å². The number of nitrogens with zero attached hydrogens (tertiary/aromatic N) is 2. The van der Waals surface area contributed by atoms with E-state index in [9.17, 15) is 0 Å². The SMILES string of the molecule is c1ccc(N2c3ccc(-n4c5ccc(C67CC8CC(CC(C8)C6)C7)cc5c5cc(C67CC8CC(CC(C8)C6)C7)ccc54)cc3B3c4ccccc4[Se]c4cccc2c43)cc1. The summed E-state index contributed by atoms with van der Waals surface area (Å²) < 4.78 is 5.72. The van der Waals surface area contributed by atoms with Crippen molar-refractivity contribution in [2.75, 3.05) is 4.90 Å². The van der Waals surface area contributed by atoms with Gasteiger partial charge in [-0.25, -0.2) is 0 Å². The van der Waals surface area contributed by atoms with Gasteiger partial charge in [0, 0.05) is 0 Å². The van der Waals surface area contributed by atoms with Crippen LogP contribution in [0.3, 0.4) is 0 Å². The molecule has 1 aromatic heterocycles. The van der Waals surface area contributed by atoms with Crippen molar-refractivity contribution in [2.24, 2.45) is 35.5 Å². The van der Waals surface area contributed by atoms with Gasteiger partial charge in [0.15, 0.2) is 0 Å². The number of benzene rings is 6. The number of aromatic nitrogens is 1. The van der Waals surface area contributed by atoms with Crippen LogP contribution in [0, 0.1) is 35.5 Å². The van der Waals surface area contributed by atoms with E-state index in [1.165, 1.54) is 147 Å². The maximum absolute atomic E-state index is 2.74. The van der Waals surface area contributed by atoms with Crippen molar-refractivity contribution in [1.29, 1.82) is 0 Å². The van der Waals surface area contributed by atoms with Crippen molar-refractivity contribution in [3.8, 4) is 5.69 Å². The first-order chi connectivity index (χ1) is 29.5. The summed E-state index contributed by atoms with van der Waals surface area (Å²) in [7, 11) is 0. The Morgan fingerprint density at radius 3 is 1.60 bits per heavy atom. The van der Waals surface area contributed by atoms with E-state index in [4.69, 9.17) is 0 Å². The molecule has 0 N–H and O–H groups in total. The molecular weight excluding hydrogens is 790 g/mol. The van der Waals surface area contributed by atoms with Crippen LogP contribution in [0.4, 0.5) is 17.1 Å². The quantitative estimate of drug-likeness (QED) is 0.160. The van der Waals surface area contributed by atoms with Gasteiger partial charge in [-0.2, -0.15) is 0 Å². The van der Waals surface area contributed by atoms with Gasteiger partial charge in [0.05, 0.1) is 0 Å². The van der Waals surface area contributed by atoms with E-state index in [1.807, 2.05) is 0 Å². The molecule has 2 aliphatic heterocycles. The van der Waals surface area contributed by atoms with Gasteiger partial charge in [-0.15, -0.1) is 0 Å².